The molecule has 2 aromatic rings. The molecule has 1 saturated heterocycles. The smallest absolute Gasteiger partial charge is 0.255 e. The number of nitrogens with zero attached hydrogens (tertiary/aromatic N) is 3. The minimum Gasteiger partial charge on any atom is -0.497 e. The summed E-state index contributed by atoms with van der Waals surface area (Å²) in [7, 11) is 1.67. The van der Waals surface area contributed by atoms with Crippen molar-refractivity contribution in [3.63, 3.8) is 0 Å². The van der Waals surface area contributed by atoms with E-state index in [4.69, 9.17) is 14.5 Å². The third-order valence-corrected chi connectivity index (χ3v) is 5.42. The van der Waals surface area contributed by atoms with Crippen LogP contribution in [0.25, 0.3) is 0 Å². The van der Waals surface area contributed by atoms with Crippen molar-refractivity contribution in [1.82, 2.24) is 14.9 Å². The molecule has 7 heteroatoms. The van der Waals surface area contributed by atoms with Gasteiger partial charge >= 0.3 is 0 Å². The van der Waals surface area contributed by atoms with Crippen LogP contribution < -0.4 is 15.2 Å². The lowest BCUT2D eigenvalue weighted by Gasteiger charge is -2.36. The average Bonchev–Trinajstić information content (AvgIpc) is 2.67. The number of ether oxygens (including phenoxy) is 2. The molecule has 150 valence electrons. The Balaban J connectivity index is 1.52. The number of benzene rings is 1. The Morgan fingerprint density at radius 1 is 1.21 bits per heavy atom. The number of hydrogen-bond acceptors (Lipinski definition) is 6. The van der Waals surface area contributed by atoms with Gasteiger partial charge in [-0.05, 0) is 38.0 Å². The predicted octanol–water partition coefficient (Wildman–Crippen LogP) is 1.95. The second kappa shape index (κ2) is 7.93. The Hall–Kier alpha value is -2.38. The minimum atomic E-state index is -0.00380. The molecule has 0 radical (unpaired) electrons. The lowest BCUT2D eigenvalue weighted by Crippen LogP contribution is -2.47. The highest BCUT2D eigenvalue weighted by atomic mass is 16.5. The summed E-state index contributed by atoms with van der Waals surface area (Å²) in [6.45, 7) is 7.95. The molecule has 0 bridgehead atoms. The van der Waals surface area contributed by atoms with Gasteiger partial charge in [0.1, 0.15) is 5.75 Å². The number of morpholine rings is 1. The van der Waals surface area contributed by atoms with Gasteiger partial charge < -0.3 is 14.4 Å². The maximum Gasteiger partial charge on any atom is 0.255 e. The number of aromatic nitrogens is 2. The topological polar surface area (TPSA) is 70.7 Å². The summed E-state index contributed by atoms with van der Waals surface area (Å²) in [6, 6.07) is 8.13. The van der Waals surface area contributed by atoms with Crippen molar-refractivity contribution in [1.29, 1.82) is 0 Å². The van der Waals surface area contributed by atoms with Crippen LogP contribution >= 0.6 is 0 Å². The van der Waals surface area contributed by atoms with Crippen LogP contribution in [0.15, 0.2) is 29.1 Å². The molecule has 1 aromatic heterocycles. The normalized spacial score (nSPS) is 22.8. The molecule has 1 fully saturated rings. The zero-order valence-corrected chi connectivity index (χ0v) is 16.8. The van der Waals surface area contributed by atoms with Gasteiger partial charge in [-0.25, -0.2) is 4.98 Å². The minimum absolute atomic E-state index is 0.00380. The van der Waals surface area contributed by atoms with E-state index in [1.807, 2.05) is 12.1 Å². The first-order valence-electron chi connectivity index (χ1n) is 9.89. The van der Waals surface area contributed by atoms with Gasteiger partial charge in [-0.3, -0.25) is 14.7 Å². The quantitative estimate of drug-likeness (QED) is 0.869. The van der Waals surface area contributed by atoms with Gasteiger partial charge in [0.2, 0.25) is 5.95 Å². The molecular formula is C21H28N4O3. The van der Waals surface area contributed by atoms with Crippen molar-refractivity contribution in [2.45, 2.75) is 45.6 Å². The van der Waals surface area contributed by atoms with E-state index < -0.39 is 0 Å². The van der Waals surface area contributed by atoms with Gasteiger partial charge in [0, 0.05) is 38.3 Å². The lowest BCUT2D eigenvalue weighted by atomic mass is 10.1. The second-order valence-corrected chi connectivity index (χ2v) is 7.79. The second-order valence-electron chi connectivity index (χ2n) is 7.79. The summed E-state index contributed by atoms with van der Waals surface area (Å²) in [4.78, 5) is 24.9. The van der Waals surface area contributed by atoms with E-state index in [2.05, 4.69) is 40.8 Å². The fraction of sp³-hybridized carbons (Fsp3) is 0.524. The van der Waals surface area contributed by atoms with E-state index >= 15 is 0 Å². The number of rotatable bonds is 4. The molecule has 4 rings (SSSR count). The van der Waals surface area contributed by atoms with E-state index in [0.717, 1.165) is 49.6 Å². The van der Waals surface area contributed by atoms with Crippen molar-refractivity contribution in [3.8, 4) is 5.75 Å². The van der Waals surface area contributed by atoms with E-state index in [1.54, 1.807) is 7.11 Å². The summed E-state index contributed by atoms with van der Waals surface area (Å²) in [5.74, 6) is 1.52. The summed E-state index contributed by atoms with van der Waals surface area (Å²) < 4.78 is 11.0. The maximum absolute atomic E-state index is 12.6. The zero-order chi connectivity index (χ0) is 19.7. The van der Waals surface area contributed by atoms with E-state index in [-0.39, 0.29) is 17.8 Å². The number of nitrogens with one attached hydrogen (secondary N) is 1. The molecule has 7 nitrogen and oxygen atoms in total. The Labute approximate surface area is 165 Å². The van der Waals surface area contributed by atoms with E-state index in [1.165, 1.54) is 5.56 Å². The summed E-state index contributed by atoms with van der Waals surface area (Å²) in [5.41, 5.74) is 2.94. The number of H-pyrrole nitrogens is 1. The molecule has 2 atom stereocenters. The summed E-state index contributed by atoms with van der Waals surface area (Å²) in [5, 5.41) is 0. The maximum atomic E-state index is 12.6. The van der Waals surface area contributed by atoms with Crippen LogP contribution in [0.5, 0.6) is 5.75 Å². The first-order chi connectivity index (χ1) is 13.5. The third-order valence-electron chi connectivity index (χ3n) is 5.42. The highest BCUT2D eigenvalue weighted by Gasteiger charge is 2.27. The molecule has 0 saturated carbocycles. The molecule has 1 N–H and O–H groups in total. The number of fused-ring (bicyclic) bond motifs is 1. The number of anilines is 1. The van der Waals surface area contributed by atoms with Gasteiger partial charge in [0.05, 0.1) is 25.0 Å². The first-order valence-corrected chi connectivity index (χ1v) is 9.89. The molecular weight excluding hydrogens is 356 g/mol. The Morgan fingerprint density at radius 2 is 1.93 bits per heavy atom. The standard InChI is InChI=1S/C21H28N4O3/c1-14-10-25(11-15(2)28-14)21-22-19-13-24(9-8-18(19)20(26)23-21)12-16-4-6-17(27-3)7-5-16/h4-7,14-15H,8-13H2,1-3H3,(H,22,23,26)/t14-,15-/m1/s1. The SMILES string of the molecule is COc1ccc(CN2CCc3c(nc(N4C[C@@H](C)O[C@H](C)C4)[nH]c3=O)C2)cc1. The average molecular weight is 384 g/mol. The largest absolute Gasteiger partial charge is 0.497 e. The molecule has 2 aliphatic heterocycles. The predicted molar refractivity (Wildman–Crippen MR) is 108 cm³/mol. The molecule has 1 aromatic carbocycles. The number of aromatic amines is 1. The molecule has 0 spiro atoms. The van der Waals surface area contributed by atoms with Crippen LogP contribution in [0.1, 0.15) is 30.7 Å². The van der Waals surface area contributed by atoms with Crippen LogP contribution in [0.4, 0.5) is 5.95 Å². The fourth-order valence-electron chi connectivity index (χ4n) is 4.11. The number of hydrogen-bond donors (Lipinski definition) is 1. The molecule has 0 aliphatic carbocycles. The van der Waals surface area contributed by atoms with Crippen molar-refractivity contribution in [2.75, 3.05) is 31.6 Å². The number of methoxy groups -OCH3 is 1. The van der Waals surface area contributed by atoms with Crippen molar-refractivity contribution in [3.05, 3.63) is 51.4 Å². The van der Waals surface area contributed by atoms with Crippen molar-refractivity contribution < 1.29 is 9.47 Å². The molecule has 0 unspecified atom stereocenters. The Morgan fingerprint density at radius 3 is 2.61 bits per heavy atom. The molecule has 28 heavy (non-hydrogen) atoms. The van der Waals surface area contributed by atoms with Gasteiger partial charge in [0.15, 0.2) is 0 Å². The van der Waals surface area contributed by atoms with Crippen LogP contribution in [-0.2, 0) is 24.2 Å². The van der Waals surface area contributed by atoms with Gasteiger partial charge in [-0.15, -0.1) is 0 Å². The lowest BCUT2D eigenvalue weighted by molar-refractivity contribution is -0.00576. The fourth-order valence-corrected chi connectivity index (χ4v) is 4.11. The van der Waals surface area contributed by atoms with Gasteiger partial charge in [-0.1, -0.05) is 12.1 Å². The van der Waals surface area contributed by atoms with E-state index in [9.17, 15) is 4.79 Å². The van der Waals surface area contributed by atoms with Crippen molar-refractivity contribution >= 4 is 5.95 Å². The highest BCUT2D eigenvalue weighted by molar-refractivity contribution is 5.35. The van der Waals surface area contributed by atoms with Gasteiger partial charge in [0.25, 0.3) is 5.56 Å². The summed E-state index contributed by atoms with van der Waals surface area (Å²) >= 11 is 0. The van der Waals surface area contributed by atoms with Crippen LogP contribution in [0.2, 0.25) is 0 Å². The first kappa shape index (κ1) is 19.0. The highest BCUT2D eigenvalue weighted by Crippen LogP contribution is 2.21. The molecule has 2 aliphatic rings. The van der Waals surface area contributed by atoms with Crippen LogP contribution in [0.3, 0.4) is 0 Å². The third kappa shape index (κ3) is 4.05. The van der Waals surface area contributed by atoms with Crippen LogP contribution in [0, 0.1) is 0 Å². The van der Waals surface area contributed by atoms with Gasteiger partial charge in [-0.2, -0.15) is 0 Å². The summed E-state index contributed by atoms with van der Waals surface area (Å²) in [6.07, 6.45) is 0.970. The molecule has 3 heterocycles. The monoisotopic (exact) mass is 384 g/mol. The zero-order valence-electron chi connectivity index (χ0n) is 16.8. The van der Waals surface area contributed by atoms with E-state index in [0.29, 0.717) is 12.5 Å². The molecule has 0 amide bonds. The Bertz CT molecular complexity index is 870. The Kier molecular flexibility index (Phi) is 5.37. The van der Waals surface area contributed by atoms with Crippen molar-refractivity contribution in [2.24, 2.45) is 0 Å². The van der Waals surface area contributed by atoms with Crippen LogP contribution in [-0.4, -0.2) is 53.8 Å².